The first-order valence-electron chi connectivity index (χ1n) is 11.3. The molecule has 1 aliphatic rings. The molecular formula is C27H25N3O4. The smallest absolute Gasteiger partial charge is 0.407 e. The van der Waals surface area contributed by atoms with E-state index in [1.165, 1.54) is 17.3 Å². The number of rotatable bonds is 7. The Morgan fingerprint density at radius 3 is 2.24 bits per heavy atom. The highest BCUT2D eigenvalue weighted by molar-refractivity contribution is 5.79. The summed E-state index contributed by atoms with van der Waals surface area (Å²) in [6.45, 7) is 0.369. The monoisotopic (exact) mass is 455 g/mol. The quantitative estimate of drug-likeness (QED) is 0.390. The number of aliphatic hydroxyl groups excluding tert-OH is 2. The van der Waals surface area contributed by atoms with Gasteiger partial charge in [0.15, 0.2) is 0 Å². The summed E-state index contributed by atoms with van der Waals surface area (Å²) in [6, 6.07) is 23.6. The van der Waals surface area contributed by atoms with Gasteiger partial charge in [0.25, 0.3) is 0 Å². The van der Waals surface area contributed by atoms with Gasteiger partial charge >= 0.3 is 6.09 Å². The van der Waals surface area contributed by atoms with Crippen LogP contribution < -0.4 is 5.32 Å². The number of carbonyl (C=O) groups is 1. The van der Waals surface area contributed by atoms with Crippen molar-refractivity contribution in [3.8, 4) is 11.1 Å². The molecule has 0 saturated carbocycles. The molecule has 0 radical (unpaired) electrons. The van der Waals surface area contributed by atoms with E-state index in [0.29, 0.717) is 11.0 Å². The molecular weight excluding hydrogens is 430 g/mol. The zero-order chi connectivity index (χ0) is 23.5. The molecule has 172 valence electrons. The lowest BCUT2D eigenvalue weighted by Crippen LogP contribution is -2.31. The second-order valence-electron chi connectivity index (χ2n) is 8.34. The standard InChI is InChI=1S/C27H25N3O4/c31-25(26(32)24-15-29-22-11-5-6-12-23(22)30-24)13-14-28-27(33)34-16-21-19-9-3-1-7-17(19)18-8-2-4-10-20(18)21/h1-12,15,21,25-26,31-32H,13-14,16H2,(H,28,33). The van der Waals surface area contributed by atoms with E-state index in [1.807, 2.05) is 42.5 Å². The SMILES string of the molecule is O=C(NCCC(O)C(O)c1cnc2ccccc2n1)OCC1c2ccccc2-c2ccccc21. The van der Waals surface area contributed by atoms with E-state index in [0.717, 1.165) is 11.1 Å². The van der Waals surface area contributed by atoms with E-state index in [4.69, 9.17) is 4.74 Å². The lowest BCUT2D eigenvalue weighted by Gasteiger charge is -2.18. The van der Waals surface area contributed by atoms with Gasteiger partial charge in [-0.1, -0.05) is 60.7 Å². The van der Waals surface area contributed by atoms with Crippen LogP contribution in [0.3, 0.4) is 0 Å². The molecule has 34 heavy (non-hydrogen) atoms. The third-order valence-electron chi connectivity index (χ3n) is 6.19. The fourth-order valence-electron chi connectivity index (χ4n) is 4.44. The molecule has 3 N–H and O–H groups in total. The molecule has 7 heteroatoms. The molecule has 3 aromatic carbocycles. The van der Waals surface area contributed by atoms with Gasteiger partial charge in [-0.2, -0.15) is 0 Å². The van der Waals surface area contributed by atoms with E-state index in [1.54, 1.807) is 6.07 Å². The number of amides is 1. The number of aliphatic hydroxyl groups is 2. The molecule has 1 aliphatic carbocycles. The first kappa shape index (κ1) is 22.0. The predicted octanol–water partition coefficient (Wildman–Crippen LogP) is 3.95. The Hall–Kier alpha value is -3.81. The summed E-state index contributed by atoms with van der Waals surface area (Å²) in [4.78, 5) is 20.9. The van der Waals surface area contributed by atoms with E-state index in [9.17, 15) is 15.0 Å². The largest absolute Gasteiger partial charge is 0.449 e. The van der Waals surface area contributed by atoms with Crippen LogP contribution in [0.25, 0.3) is 22.2 Å². The van der Waals surface area contributed by atoms with Crippen molar-refractivity contribution in [2.75, 3.05) is 13.2 Å². The van der Waals surface area contributed by atoms with Crippen molar-refractivity contribution in [2.45, 2.75) is 24.5 Å². The third kappa shape index (κ3) is 4.35. The van der Waals surface area contributed by atoms with Crippen LogP contribution in [-0.2, 0) is 4.74 Å². The van der Waals surface area contributed by atoms with Gasteiger partial charge in [0.1, 0.15) is 12.7 Å². The van der Waals surface area contributed by atoms with Crippen molar-refractivity contribution in [3.05, 3.63) is 95.8 Å². The lowest BCUT2D eigenvalue weighted by molar-refractivity contribution is 0.0112. The summed E-state index contributed by atoms with van der Waals surface area (Å²) in [7, 11) is 0. The van der Waals surface area contributed by atoms with Crippen LogP contribution in [0.1, 0.15) is 35.3 Å². The topological polar surface area (TPSA) is 105 Å². The summed E-state index contributed by atoms with van der Waals surface area (Å²) >= 11 is 0. The van der Waals surface area contributed by atoms with Crippen molar-refractivity contribution < 1.29 is 19.7 Å². The molecule has 0 spiro atoms. The highest BCUT2D eigenvalue weighted by Gasteiger charge is 2.29. The number of ether oxygens (including phenoxy) is 1. The van der Waals surface area contributed by atoms with Gasteiger partial charge in [0.05, 0.1) is 29.0 Å². The number of nitrogens with zero attached hydrogens (tertiary/aromatic N) is 2. The molecule has 0 fully saturated rings. The van der Waals surface area contributed by atoms with Crippen LogP contribution in [-0.4, -0.2) is 45.5 Å². The summed E-state index contributed by atoms with van der Waals surface area (Å²) in [6.07, 6.45) is -1.28. The maximum atomic E-state index is 12.3. The molecule has 4 aromatic rings. The summed E-state index contributed by atoms with van der Waals surface area (Å²) in [5.41, 5.74) is 6.26. The van der Waals surface area contributed by atoms with Crippen LogP contribution in [0.5, 0.6) is 0 Å². The first-order chi connectivity index (χ1) is 16.6. The molecule has 7 nitrogen and oxygen atoms in total. The minimum atomic E-state index is -1.21. The average molecular weight is 456 g/mol. The van der Waals surface area contributed by atoms with Gasteiger partial charge in [-0.05, 0) is 40.8 Å². The highest BCUT2D eigenvalue weighted by Crippen LogP contribution is 2.44. The molecule has 5 rings (SSSR count). The highest BCUT2D eigenvalue weighted by atomic mass is 16.5. The van der Waals surface area contributed by atoms with Crippen molar-refractivity contribution in [2.24, 2.45) is 0 Å². The van der Waals surface area contributed by atoms with Crippen LogP contribution >= 0.6 is 0 Å². The Kier molecular flexibility index (Phi) is 6.20. The van der Waals surface area contributed by atoms with Crippen LogP contribution in [0.2, 0.25) is 0 Å². The van der Waals surface area contributed by atoms with Crippen molar-refractivity contribution in [1.82, 2.24) is 15.3 Å². The number of para-hydroxylation sites is 2. The number of carbonyl (C=O) groups excluding carboxylic acids is 1. The molecule has 1 heterocycles. The fraction of sp³-hybridized carbons (Fsp3) is 0.222. The average Bonchev–Trinajstić information content (AvgIpc) is 3.20. The Balaban J connectivity index is 1.13. The van der Waals surface area contributed by atoms with E-state index in [2.05, 4.69) is 39.6 Å². The summed E-state index contributed by atoms with van der Waals surface area (Å²) in [5.74, 6) is -0.0166. The number of fused-ring (bicyclic) bond motifs is 4. The molecule has 2 atom stereocenters. The second-order valence-corrected chi connectivity index (χ2v) is 8.34. The van der Waals surface area contributed by atoms with Crippen LogP contribution in [0, 0.1) is 0 Å². The summed E-state index contributed by atoms with van der Waals surface area (Å²) < 4.78 is 5.50. The van der Waals surface area contributed by atoms with Gasteiger partial charge in [-0.3, -0.25) is 4.98 Å². The van der Waals surface area contributed by atoms with Gasteiger partial charge in [0, 0.05) is 12.5 Å². The fourth-order valence-corrected chi connectivity index (χ4v) is 4.44. The summed E-state index contributed by atoms with van der Waals surface area (Å²) in [5, 5.41) is 23.5. The van der Waals surface area contributed by atoms with Crippen LogP contribution in [0.4, 0.5) is 4.79 Å². The Morgan fingerprint density at radius 2 is 1.53 bits per heavy atom. The normalized spacial score (nSPS) is 14.3. The number of nitrogens with one attached hydrogen (secondary N) is 1. The van der Waals surface area contributed by atoms with Gasteiger partial charge in [-0.25, -0.2) is 9.78 Å². The Bertz CT molecular complexity index is 1280. The third-order valence-corrected chi connectivity index (χ3v) is 6.19. The minimum absolute atomic E-state index is 0.0166. The zero-order valence-corrected chi connectivity index (χ0v) is 18.5. The van der Waals surface area contributed by atoms with Gasteiger partial charge in [0.2, 0.25) is 0 Å². The molecule has 1 amide bonds. The maximum Gasteiger partial charge on any atom is 0.407 e. The molecule has 2 unspecified atom stereocenters. The van der Waals surface area contributed by atoms with Crippen molar-refractivity contribution in [3.63, 3.8) is 0 Å². The van der Waals surface area contributed by atoms with E-state index >= 15 is 0 Å². The molecule has 0 aliphatic heterocycles. The second kappa shape index (κ2) is 9.59. The Labute approximate surface area is 197 Å². The number of aromatic nitrogens is 2. The van der Waals surface area contributed by atoms with Crippen molar-refractivity contribution in [1.29, 1.82) is 0 Å². The van der Waals surface area contributed by atoms with Crippen molar-refractivity contribution >= 4 is 17.1 Å². The van der Waals surface area contributed by atoms with E-state index < -0.39 is 18.3 Å². The molecule has 1 aromatic heterocycles. The van der Waals surface area contributed by atoms with Gasteiger partial charge in [-0.15, -0.1) is 0 Å². The maximum absolute atomic E-state index is 12.3. The lowest BCUT2D eigenvalue weighted by atomic mass is 9.98. The minimum Gasteiger partial charge on any atom is -0.449 e. The Morgan fingerprint density at radius 1 is 0.912 bits per heavy atom. The first-order valence-corrected chi connectivity index (χ1v) is 11.3. The van der Waals surface area contributed by atoms with E-state index in [-0.39, 0.29) is 31.2 Å². The van der Waals surface area contributed by atoms with Gasteiger partial charge < -0.3 is 20.3 Å². The number of alkyl carbamates (subject to hydrolysis) is 1. The number of hydrogen-bond donors (Lipinski definition) is 3. The predicted molar refractivity (Wildman–Crippen MR) is 128 cm³/mol. The van der Waals surface area contributed by atoms with Crippen LogP contribution in [0.15, 0.2) is 79.0 Å². The molecule has 0 saturated heterocycles. The number of benzene rings is 3. The number of hydrogen-bond acceptors (Lipinski definition) is 6. The molecule has 0 bridgehead atoms. The zero-order valence-electron chi connectivity index (χ0n) is 18.5.